The summed E-state index contributed by atoms with van der Waals surface area (Å²) < 4.78 is 6.35. The lowest BCUT2D eigenvalue weighted by molar-refractivity contribution is -0.216. The number of amides is 1. The standard InChI is InChI=1S/C18H20ClNO2/c1-12-10-18(14-6-8-15(19)9-7-14)20(17(12)21)16-5-3-2-4-13(16)11-22-18/h2-3,6-9,12-13,16H,4-5,10-11H2,1H3/t12-,13+,16-,18+/m1/s1. The Labute approximate surface area is 135 Å². The Morgan fingerprint density at radius 3 is 2.73 bits per heavy atom. The molecule has 2 saturated heterocycles. The van der Waals surface area contributed by atoms with E-state index in [-0.39, 0.29) is 17.9 Å². The number of ether oxygens (including phenoxy) is 1. The zero-order chi connectivity index (χ0) is 15.3. The van der Waals surface area contributed by atoms with E-state index in [0.29, 0.717) is 17.5 Å². The molecule has 2 heterocycles. The third-order valence-electron chi connectivity index (χ3n) is 5.32. The average molecular weight is 318 g/mol. The molecule has 22 heavy (non-hydrogen) atoms. The van der Waals surface area contributed by atoms with Gasteiger partial charge in [0.15, 0.2) is 5.72 Å². The van der Waals surface area contributed by atoms with Gasteiger partial charge < -0.3 is 9.64 Å². The molecule has 3 nitrogen and oxygen atoms in total. The molecule has 116 valence electrons. The van der Waals surface area contributed by atoms with Crippen molar-refractivity contribution >= 4 is 17.5 Å². The number of hydrogen-bond acceptors (Lipinski definition) is 2. The highest BCUT2D eigenvalue weighted by Gasteiger charge is 2.57. The highest BCUT2D eigenvalue weighted by Crippen LogP contribution is 2.50. The molecule has 3 aliphatic rings. The number of carbonyl (C=O) groups excluding carboxylic acids is 1. The number of carbonyl (C=O) groups is 1. The fraction of sp³-hybridized carbons (Fsp3) is 0.500. The normalized spacial score (nSPS) is 37.1. The first-order chi connectivity index (χ1) is 10.6. The molecular weight excluding hydrogens is 298 g/mol. The lowest BCUT2D eigenvalue weighted by atomic mass is 9.84. The molecule has 0 unspecified atom stereocenters. The third-order valence-corrected chi connectivity index (χ3v) is 5.57. The van der Waals surface area contributed by atoms with Crippen LogP contribution in [0.15, 0.2) is 36.4 Å². The molecule has 0 bridgehead atoms. The number of nitrogens with zero attached hydrogens (tertiary/aromatic N) is 1. The van der Waals surface area contributed by atoms with Crippen molar-refractivity contribution in [2.24, 2.45) is 11.8 Å². The van der Waals surface area contributed by atoms with Crippen molar-refractivity contribution in [3.63, 3.8) is 0 Å². The molecule has 0 saturated carbocycles. The van der Waals surface area contributed by atoms with Crippen LogP contribution < -0.4 is 0 Å². The van der Waals surface area contributed by atoms with Gasteiger partial charge in [0.1, 0.15) is 0 Å². The van der Waals surface area contributed by atoms with E-state index in [1.807, 2.05) is 36.1 Å². The highest BCUT2D eigenvalue weighted by atomic mass is 35.5. The van der Waals surface area contributed by atoms with Gasteiger partial charge in [-0.2, -0.15) is 0 Å². The van der Waals surface area contributed by atoms with Crippen molar-refractivity contribution in [3.05, 3.63) is 47.0 Å². The maximum Gasteiger partial charge on any atom is 0.228 e. The maximum absolute atomic E-state index is 12.8. The van der Waals surface area contributed by atoms with Gasteiger partial charge in [0.05, 0.1) is 6.61 Å². The van der Waals surface area contributed by atoms with Crippen molar-refractivity contribution in [2.45, 2.75) is 38.0 Å². The second-order valence-electron chi connectivity index (χ2n) is 6.69. The topological polar surface area (TPSA) is 29.5 Å². The molecule has 1 amide bonds. The first-order valence-electron chi connectivity index (χ1n) is 8.00. The van der Waals surface area contributed by atoms with Gasteiger partial charge >= 0.3 is 0 Å². The van der Waals surface area contributed by atoms with E-state index in [2.05, 4.69) is 12.2 Å². The second kappa shape index (κ2) is 5.10. The molecule has 1 aliphatic carbocycles. The van der Waals surface area contributed by atoms with E-state index in [9.17, 15) is 4.79 Å². The number of benzene rings is 1. The van der Waals surface area contributed by atoms with Gasteiger partial charge in [-0.25, -0.2) is 0 Å². The van der Waals surface area contributed by atoms with Crippen LogP contribution in [0.5, 0.6) is 0 Å². The molecule has 0 spiro atoms. The zero-order valence-corrected chi connectivity index (χ0v) is 13.4. The van der Waals surface area contributed by atoms with Crippen molar-refractivity contribution in [1.82, 2.24) is 4.90 Å². The quantitative estimate of drug-likeness (QED) is 0.739. The Balaban J connectivity index is 1.80. The van der Waals surface area contributed by atoms with Gasteiger partial charge in [-0.1, -0.05) is 42.8 Å². The Hall–Kier alpha value is -1.32. The Kier molecular flexibility index (Phi) is 3.31. The van der Waals surface area contributed by atoms with E-state index in [1.54, 1.807) is 0 Å². The molecule has 0 radical (unpaired) electrons. The lowest BCUT2D eigenvalue weighted by Crippen LogP contribution is -2.59. The molecule has 4 atom stereocenters. The van der Waals surface area contributed by atoms with Crippen LogP contribution in [0.3, 0.4) is 0 Å². The minimum Gasteiger partial charge on any atom is -0.351 e. The summed E-state index contributed by atoms with van der Waals surface area (Å²) in [4.78, 5) is 14.9. The van der Waals surface area contributed by atoms with Crippen LogP contribution in [0.4, 0.5) is 0 Å². The minimum atomic E-state index is -0.604. The van der Waals surface area contributed by atoms with Gasteiger partial charge in [0.2, 0.25) is 5.91 Å². The first-order valence-corrected chi connectivity index (χ1v) is 8.38. The van der Waals surface area contributed by atoms with Crippen LogP contribution in [-0.2, 0) is 15.3 Å². The summed E-state index contributed by atoms with van der Waals surface area (Å²) in [6, 6.07) is 8.02. The summed E-state index contributed by atoms with van der Waals surface area (Å²) in [6.07, 6.45) is 7.07. The molecule has 0 N–H and O–H groups in total. The monoisotopic (exact) mass is 317 g/mol. The molecule has 1 aromatic rings. The van der Waals surface area contributed by atoms with Gasteiger partial charge in [-0.15, -0.1) is 0 Å². The summed E-state index contributed by atoms with van der Waals surface area (Å²) in [5, 5.41) is 0.707. The van der Waals surface area contributed by atoms with E-state index >= 15 is 0 Å². The summed E-state index contributed by atoms with van der Waals surface area (Å²) in [5.74, 6) is 0.639. The zero-order valence-electron chi connectivity index (χ0n) is 12.7. The summed E-state index contributed by atoms with van der Waals surface area (Å²) >= 11 is 6.03. The van der Waals surface area contributed by atoms with Crippen molar-refractivity contribution in [2.75, 3.05) is 6.61 Å². The number of halogens is 1. The number of hydrogen-bond donors (Lipinski definition) is 0. The van der Waals surface area contributed by atoms with Crippen LogP contribution >= 0.6 is 11.6 Å². The van der Waals surface area contributed by atoms with Gasteiger partial charge in [0.25, 0.3) is 0 Å². The summed E-state index contributed by atoms with van der Waals surface area (Å²) in [6.45, 7) is 2.73. The second-order valence-corrected chi connectivity index (χ2v) is 7.12. The smallest absolute Gasteiger partial charge is 0.228 e. The third kappa shape index (κ3) is 1.95. The van der Waals surface area contributed by atoms with Crippen LogP contribution in [0, 0.1) is 11.8 Å². The fourth-order valence-electron chi connectivity index (χ4n) is 4.22. The minimum absolute atomic E-state index is 0.000309. The largest absolute Gasteiger partial charge is 0.351 e. The highest BCUT2D eigenvalue weighted by molar-refractivity contribution is 6.30. The van der Waals surface area contributed by atoms with Gasteiger partial charge in [0, 0.05) is 34.9 Å². The van der Waals surface area contributed by atoms with E-state index in [4.69, 9.17) is 16.3 Å². The molecular formula is C18H20ClNO2. The van der Waals surface area contributed by atoms with Crippen LogP contribution in [0.1, 0.15) is 31.7 Å². The molecule has 2 aliphatic heterocycles. The van der Waals surface area contributed by atoms with Crippen LogP contribution in [-0.4, -0.2) is 23.5 Å². The predicted octanol–water partition coefficient (Wildman–Crippen LogP) is 3.73. The van der Waals surface area contributed by atoms with Crippen LogP contribution in [0.25, 0.3) is 0 Å². The van der Waals surface area contributed by atoms with Crippen molar-refractivity contribution in [3.8, 4) is 0 Å². The number of allylic oxidation sites excluding steroid dienone is 1. The molecule has 2 fully saturated rings. The van der Waals surface area contributed by atoms with Gasteiger partial charge in [-0.3, -0.25) is 4.79 Å². The Morgan fingerprint density at radius 2 is 1.95 bits per heavy atom. The maximum atomic E-state index is 12.8. The van der Waals surface area contributed by atoms with E-state index in [1.165, 1.54) is 0 Å². The van der Waals surface area contributed by atoms with Gasteiger partial charge in [-0.05, 0) is 25.0 Å². The molecule has 4 rings (SSSR count). The average Bonchev–Trinajstić information content (AvgIpc) is 2.80. The summed E-state index contributed by atoms with van der Waals surface area (Å²) in [5.41, 5.74) is 0.440. The molecule has 4 heteroatoms. The Bertz CT molecular complexity index is 626. The molecule has 1 aromatic carbocycles. The SMILES string of the molecule is C[C@@H]1C[C@@]2(c3ccc(Cl)cc3)OC[C@@H]3CC=CC[C@H]3N2C1=O. The van der Waals surface area contributed by atoms with E-state index < -0.39 is 5.72 Å². The first kappa shape index (κ1) is 14.3. The summed E-state index contributed by atoms with van der Waals surface area (Å²) in [7, 11) is 0. The number of rotatable bonds is 1. The Morgan fingerprint density at radius 1 is 1.23 bits per heavy atom. The van der Waals surface area contributed by atoms with Crippen molar-refractivity contribution < 1.29 is 9.53 Å². The predicted molar refractivity (Wildman–Crippen MR) is 85.4 cm³/mol. The van der Waals surface area contributed by atoms with Crippen LogP contribution in [0.2, 0.25) is 5.02 Å². The van der Waals surface area contributed by atoms with E-state index in [0.717, 1.165) is 24.8 Å². The van der Waals surface area contributed by atoms with Crippen molar-refractivity contribution in [1.29, 1.82) is 0 Å². The number of fused-ring (bicyclic) bond motifs is 3. The lowest BCUT2D eigenvalue weighted by Gasteiger charge is -2.51. The fourth-order valence-corrected chi connectivity index (χ4v) is 4.35. The molecule has 0 aromatic heterocycles.